The van der Waals surface area contributed by atoms with E-state index in [1.54, 1.807) is 23.7 Å². The minimum atomic E-state index is 0.0650. The minimum Gasteiger partial charge on any atom is -0.382 e. The third kappa shape index (κ3) is 2.47. The molecule has 5 heteroatoms. The number of fused-ring (bicyclic) bond motifs is 1. The van der Waals surface area contributed by atoms with Crippen molar-refractivity contribution < 1.29 is 4.79 Å². The van der Waals surface area contributed by atoms with E-state index in [4.69, 9.17) is 0 Å². The Morgan fingerprint density at radius 2 is 2.04 bits per heavy atom. The Morgan fingerprint density at radius 1 is 1.15 bits per heavy atom. The van der Waals surface area contributed by atoms with Crippen molar-refractivity contribution >= 4 is 34.0 Å². The number of aromatic nitrogens is 2. The van der Waals surface area contributed by atoms with E-state index in [1.165, 1.54) is 12.8 Å². The van der Waals surface area contributed by atoms with Gasteiger partial charge in [-0.2, -0.15) is 0 Å². The summed E-state index contributed by atoms with van der Waals surface area (Å²) in [6.45, 7) is 1.99. The van der Waals surface area contributed by atoms with E-state index in [-0.39, 0.29) is 5.78 Å². The number of carbonyl (C=O) groups is 1. The highest BCUT2D eigenvalue weighted by molar-refractivity contribution is 7.11. The molecule has 1 N–H and O–H groups in total. The summed E-state index contributed by atoms with van der Waals surface area (Å²) >= 11 is 1.58. The van der Waals surface area contributed by atoms with Crippen molar-refractivity contribution in [3.8, 4) is 0 Å². The summed E-state index contributed by atoms with van der Waals surface area (Å²) in [5.41, 5.74) is 8.12. The second-order valence-electron chi connectivity index (χ2n) is 6.77. The van der Waals surface area contributed by atoms with Crippen molar-refractivity contribution in [2.75, 3.05) is 5.32 Å². The molecule has 26 heavy (non-hydrogen) atoms. The topological polar surface area (TPSA) is 54.9 Å². The second-order valence-corrected chi connectivity index (χ2v) is 7.62. The third-order valence-corrected chi connectivity index (χ3v) is 5.83. The highest BCUT2D eigenvalue weighted by atomic mass is 32.1. The van der Waals surface area contributed by atoms with Crippen molar-refractivity contribution in [1.29, 1.82) is 0 Å². The molecule has 1 saturated carbocycles. The molecule has 0 spiro atoms. The van der Waals surface area contributed by atoms with E-state index in [0.717, 1.165) is 44.1 Å². The molecule has 0 bridgehead atoms. The van der Waals surface area contributed by atoms with Crippen LogP contribution in [0.5, 0.6) is 0 Å². The zero-order valence-electron chi connectivity index (χ0n) is 14.3. The Morgan fingerprint density at radius 3 is 2.73 bits per heavy atom. The van der Waals surface area contributed by atoms with E-state index in [9.17, 15) is 4.79 Å². The molecule has 0 unspecified atom stereocenters. The lowest BCUT2D eigenvalue weighted by molar-refractivity contribution is 0.105. The Balaban J connectivity index is 1.71. The second kappa shape index (κ2) is 5.88. The van der Waals surface area contributed by atoms with Gasteiger partial charge in [0.2, 0.25) is 0 Å². The van der Waals surface area contributed by atoms with Gasteiger partial charge in [0, 0.05) is 46.4 Å². The Labute approximate surface area is 155 Å². The van der Waals surface area contributed by atoms with Crippen LogP contribution in [0.2, 0.25) is 0 Å². The monoisotopic (exact) mass is 359 g/mol. The van der Waals surface area contributed by atoms with Crippen LogP contribution in [0.25, 0.3) is 11.1 Å². The molecule has 0 saturated heterocycles. The number of nitrogens with zero attached hydrogens (tertiary/aromatic N) is 2. The number of rotatable bonds is 4. The molecule has 2 aliphatic rings. The fraction of sp³-hybridized carbons (Fsp3) is 0.190. The van der Waals surface area contributed by atoms with Gasteiger partial charge in [-0.1, -0.05) is 12.1 Å². The molecule has 128 valence electrons. The molecule has 0 radical (unpaired) electrons. The number of nitrogens with one attached hydrogen (secondary N) is 1. The molecular weight excluding hydrogens is 342 g/mol. The van der Waals surface area contributed by atoms with E-state index in [0.29, 0.717) is 6.04 Å². The number of hydrogen-bond acceptors (Lipinski definition) is 5. The van der Waals surface area contributed by atoms with Crippen LogP contribution < -0.4 is 5.32 Å². The molecule has 1 aromatic carbocycles. The molecule has 2 aliphatic carbocycles. The average molecular weight is 359 g/mol. The molecule has 0 amide bonds. The number of thiazole rings is 1. The molecule has 2 aromatic heterocycles. The molecule has 2 heterocycles. The molecule has 1 fully saturated rings. The van der Waals surface area contributed by atoms with E-state index in [1.807, 2.05) is 30.6 Å². The fourth-order valence-corrected chi connectivity index (χ4v) is 4.32. The van der Waals surface area contributed by atoms with Crippen LogP contribution in [0.3, 0.4) is 0 Å². The summed E-state index contributed by atoms with van der Waals surface area (Å²) in [7, 11) is 0. The van der Waals surface area contributed by atoms with Crippen LogP contribution >= 0.6 is 11.3 Å². The van der Waals surface area contributed by atoms with Crippen molar-refractivity contribution in [2.24, 2.45) is 0 Å². The van der Waals surface area contributed by atoms with Gasteiger partial charge in [0.25, 0.3) is 0 Å². The Bertz CT molecular complexity index is 1050. The number of carbonyl (C=O) groups excluding carboxylic acids is 1. The van der Waals surface area contributed by atoms with E-state index >= 15 is 0 Å². The molecule has 4 nitrogen and oxygen atoms in total. The Kier molecular flexibility index (Phi) is 3.50. The van der Waals surface area contributed by atoms with Crippen LogP contribution in [0.1, 0.15) is 44.9 Å². The van der Waals surface area contributed by atoms with Gasteiger partial charge in [-0.05, 0) is 43.5 Å². The number of allylic oxidation sites excluding steroid dienone is 1. The number of aryl methyl sites for hydroxylation is 1. The number of Topliss-reactive ketones (excluding diaryl/α,β-unsaturated/α-hetero) is 1. The first-order valence-corrected chi connectivity index (χ1v) is 9.61. The predicted octanol–water partition coefficient (Wildman–Crippen LogP) is 4.58. The van der Waals surface area contributed by atoms with E-state index in [2.05, 4.69) is 27.4 Å². The van der Waals surface area contributed by atoms with Gasteiger partial charge < -0.3 is 5.32 Å². The lowest BCUT2D eigenvalue weighted by Gasteiger charge is -2.08. The van der Waals surface area contributed by atoms with E-state index < -0.39 is 0 Å². The van der Waals surface area contributed by atoms with Crippen LogP contribution in [0.4, 0.5) is 5.69 Å². The minimum absolute atomic E-state index is 0.0650. The maximum atomic E-state index is 13.3. The van der Waals surface area contributed by atoms with Gasteiger partial charge in [0.15, 0.2) is 5.78 Å². The van der Waals surface area contributed by atoms with Crippen molar-refractivity contribution in [3.63, 3.8) is 0 Å². The molecule has 0 atom stereocenters. The van der Waals surface area contributed by atoms with Crippen molar-refractivity contribution in [2.45, 2.75) is 25.8 Å². The summed E-state index contributed by atoms with van der Waals surface area (Å²) in [6, 6.07) is 10.5. The zero-order valence-corrected chi connectivity index (χ0v) is 15.1. The highest BCUT2D eigenvalue weighted by Gasteiger charge is 2.33. The lowest BCUT2D eigenvalue weighted by Crippen LogP contribution is -2.03. The molecule has 5 rings (SSSR count). The first kappa shape index (κ1) is 15.5. The summed E-state index contributed by atoms with van der Waals surface area (Å²) in [4.78, 5) is 23.0. The third-order valence-electron chi connectivity index (χ3n) is 4.88. The summed E-state index contributed by atoms with van der Waals surface area (Å²) in [5.74, 6) is 0.0650. The average Bonchev–Trinajstić information content (AvgIpc) is 3.30. The summed E-state index contributed by atoms with van der Waals surface area (Å²) < 4.78 is 0. The Hall–Kier alpha value is -2.79. The smallest absolute Gasteiger partial charge is 0.195 e. The fourth-order valence-electron chi connectivity index (χ4n) is 3.45. The number of hydrogen-bond donors (Lipinski definition) is 1. The van der Waals surface area contributed by atoms with Gasteiger partial charge in [0.1, 0.15) is 0 Å². The highest BCUT2D eigenvalue weighted by Crippen LogP contribution is 2.45. The molecule has 3 aromatic rings. The molecular formula is C21H17N3OS. The number of ketones is 1. The standard InChI is InChI=1S/C21H17N3OS/c1-12-21(26-11-23-12)19-16-7-6-15(24-14-4-5-14)9-17(16)20(25)18(19)13-3-2-8-22-10-13/h2-3,6-11,14,24H,4-5H2,1H3. The first-order valence-electron chi connectivity index (χ1n) is 8.73. The first-order chi connectivity index (χ1) is 12.7. The SMILES string of the molecule is Cc1ncsc1C1=C(c2cccnc2)C(=O)c2cc(NC3CC3)ccc21. The van der Waals surface area contributed by atoms with Crippen molar-refractivity contribution in [1.82, 2.24) is 9.97 Å². The van der Waals surface area contributed by atoms with Gasteiger partial charge >= 0.3 is 0 Å². The van der Waals surface area contributed by atoms with Gasteiger partial charge in [-0.3, -0.25) is 9.78 Å². The van der Waals surface area contributed by atoms with Crippen LogP contribution in [0.15, 0.2) is 48.2 Å². The quantitative estimate of drug-likeness (QED) is 0.741. The zero-order chi connectivity index (χ0) is 17.7. The lowest BCUT2D eigenvalue weighted by atomic mass is 9.99. The van der Waals surface area contributed by atoms with Crippen LogP contribution in [-0.4, -0.2) is 21.8 Å². The van der Waals surface area contributed by atoms with Gasteiger partial charge in [0.05, 0.1) is 16.1 Å². The van der Waals surface area contributed by atoms with Crippen LogP contribution in [0, 0.1) is 6.92 Å². The normalized spacial score (nSPS) is 16.1. The van der Waals surface area contributed by atoms with Gasteiger partial charge in [-0.25, -0.2) is 4.98 Å². The maximum Gasteiger partial charge on any atom is 0.195 e. The molecule has 0 aliphatic heterocycles. The summed E-state index contributed by atoms with van der Waals surface area (Å²) in [5, 5.41) is 3.49. The maximum absolute atomic E-state index is 13.3. The number of anilines is 1. The van der Waals surface area contributed by atoms with Crippen molar-refractivity contribution in [3.05, 3.63) is 75.5 Å². The largest absolute Gasteiger partial charge is 0.382 e. The summed E-state index contributed by atoms with van der Waals surface area (Å²) in [6.07, 6.45) is 5.90. The van der Waals surface area contributed by atoms with Gasteiger partial charge in [-0.15, -0.1) is 11.3 Å². The number of benzene rings is 1. The number of pyridine rings is 1. The predicted molar refractivity (Wildman–Crippen MR) is 104 cm³/mol. The van der Waals surface area contributed by atoms with Crippen LogP contribution in [-0.2, 0) is 0 Å².